The number of hydrogen-bond acceptors (Lipinski definition) is 2. The molecule has 2 rings (SSSR count). The number of rotatable bonds is 6. The van der Waals surface area contributed by atoms with E-state index in [0.717, 1.165) is 37.5 Å². The van der Waals surface area contributed by atoms with Crippen LogP contribution in [0, 0.1) is 20.8 Å². The molecular formula is C21H28BrN2O2+. The van der Waals surface area contributed by atoms with Gasteiger partial charge in [-0.3, -0.25) is 4.79 Å². The van der Waals surface area contributed by atoms with Crippen molar-refractivity contribution in [1.29, 1.82) is 0 Å². The van der Waals surface area contributed by atoms with Gasteiger partial charge in [0.05, 0.1) is 14.2 Å². The molecule has 0 heterocycles. The number of aryl methyl sites for hydroxylation is 3. The highest BCUT2D eigenvalue weighted by atomic mass is 79.9. The Bertz CT molecular complexity index is 782. The molecule has 26 heavy (non-hydrogen) atoms. The Morgan fingerprint density at radius 3 is 2.38 bits per heavy atom. The van der Waals surface area contributed by atoms with Gasteiger partial charge in [0.15, 0.2) is 6.04 Å². The maximum absolute atomic E-state index is 12.8. The van der Waals surface area contributed by atoms with Crippen molar-refractivity contribution in [2.75, 3.05) is 19.5 Å². The highest BCUT2D eigenvalue weighted by Crippen LogP contribution is 2.23. The van der Waals surface area contributed by atoms with Crippen LogP contribution in [0.1, 0.15) is 29.2 Å². The van der Waals surface area contributed by atoms with Crippen molar-refractivity contribution in [1.82, 2.24) is 0 Å². The Labute approximate surface area is 164 Å². The molecule has 0 aromatic heterocycles. The lowest BCUT2D eigenvalue weighted by Gasteiger charge is -2.23. The first-order valence-electron chi connectivity index (χ1n) is 8.76. The van der Waals surface area contributed by atoms with E-state index in [1.807, 2.05) is 46.0 Å². The molecule has 0 radical (unpaired) electrons. The summed E-state index contributed by atoms with van der Waals surface area (Å²) in [5.41, 5.74) is 5.38. The number of likely N-dealkylation sites (N-methyl/N-ethyl adjacent to an activating group) is 1. The quantitative estimate of drug-likeness (QED) is 0.752. The minimum atomic E-state index is -0.196. The third-order valence-electron chi connectivity index (χ3n) is 4.77. The van der Waals surface area contributed by atoms with E-state index in [1.54, 1.807) is 7.11 Å². The predicted molar refractivity (Wildman–Crippen MR) is 110 cm³/mol. The zero-order valence-electron chi connectivity index (χ0n) is 16.4. The molecule has 1 unspecified atom stereocenters. The maximum atomic E-state index is 12.8. The van der Waals surface area contributed by atoms with Gasteiger partial charge in [0.25, 0.3) is 5.91 Å². The average Bonchev–Trinajstić information content (AvgIpc) is 2.57. The Balaban J connectivity index is 2.12. The molecule has 2 aromatic rings. The molecule has 2 N–H and O–H groups in total. The number of carbonyl (C=O) groups excluding carboxylic acids is 1. The minimum absolute atomic E-state index is 0.0199. The molecule has 0 bridgehead atoms. The number of benzene rings is 2. The molecule has 0 aliphatic rings. The summed E-state index contributed by atoms with van der Waals surface area (Å²) in [6.45, 7) is 8.78. The van der Waals surface area contributed by atoms with Crippen molar-refractivity contribution < 1.29 is 14.4 Å². The summed E-state index contributed by atoms with van der Waals surface area (Å²) in [6, 6.07) is 9.93. The van der Waals surface area contributed by atoms with Gasteiger partial charge in [-0.05, 0) is 57.0 Å². The number of anilines is 1. The van der Waals surface area contributed by atoms with Crippen molar-refractivity contribution in [3.8, 4) is 5.75 Å². The normalized spacial score (nSPS) is 13.2. The number of amides is 1. The van der Waals surface area contributed by atoms with E-state index in [1.165, 1.54) is 5.56 Å². The van der Waals surface area contributed by atoms with Crippen LogP contribution in [0.25, 0.3) is 0 Å². The van der Waals surface area contributed by atoms with Crippen LogP contribution in [-0.2, 0) is 11.3 Å². The minimum Gasteiger partial charge on any atom is -0.496 e. The van der Waals surface area contributed by atoms with Gasteiger partial charge < -0.3 is 15.0 Å². The Kier molecular flexibility index (Phi) is 6.84. The second-order valence-corrected chi connectivity index (χ2v) is 7.88. The first-order chi connectivity index (χ1) is 12.2. The maximum Gasteiger partial charge on any atom is 0.282 e. The van der Waals surface area contributed by atoms with E-state index in [9.17, 15) is 4.79 Å². The first kappa shape index (κ1) is 20.5. The largest absolute Gasteiger partial charge is 0.496 e. The lowest BCUT2D eigenvalue weighted by atomic mass is 10.0. The molecule has 0 fully saturated rings. The van der Waals surface area contributed by atoms with Crippen LogP contribution < -0.4 is 15.0 Å². The fourth-order valence-electron chi connectivity index (χ4n) is 3.17. The predicted octanol–water partition coefficient (Wildman–Crippen LogP) is 3.42. The van der Waals surface area contributed by atoms with Crippen LogP contribution >= 0.6 is 15.9 Å². The van der Waals surface area contributed by atoms with Crippen LogP contribution in [0.4, 0.5) is 5.69 Å². The van der Waals surface area contributed by atoms with Gasteiger partial charge in [0.2, 0.25) is 0 Å². The lowest BCUT2D eigenvalue weighted by Crippen LogP contribution is -3.12. The highest BCUT2D eigenvalue weighted by molar-refractivity contribution is 9.10. The van der Waals surface area contributed by atoms with E-state index < -0.39 is 0 Å². The SMILES string of the molecule is COc1ccc(Br)cc1C[NH+](C)[C@@H](C)C(=O)Nc1c(C)cc(C)cc1C. The Morgan fingerprint density at radius 2 is 1.81 bits per heavy atom. The molecule has 0 saturated carbocycles. The number of carbonyl (C=O) groups is 1. The van der Waals surface area contributed by atoms with E-state index in [2.05, 4.69) is 40.3 Å². The van der Waals surface area contributed by atoms with Gasteiger partial charge >= 0.3 is 0 Å². The van der Waals surface area contributed by atoms with Gasteiger partial charge in [-0.15, -0.1) is 0 Å². The monoisotopic (exact) mass is 419 g/mol. The van der Waals surface area contributed by atoms with Crippen molar-refractivity contribution in [2.24, 2.45) is 0 Å². The van der Waals surface area contributed by atoms with Crippen molar-refractivity contribution in [3.05, 3.63) is 57.1 Å². The van der Waals surface area contributed by atoms with E-state index in [0.29, 0.717) is 6.54 Å². The van der Waals surface area contributed by atoms with E-state index in [-0.39, 0.29) is 11.9 Å². The number of ether oxygens (including phenoxy) is 1. The van der Waals surface area contributed by atoms with Crippen molar-refractivity contribution >= 4 is 27.5 Å². The van der Waals surface area contributed by atoms with Crippen LogP contribution in [0.15, 0.2) is 34.8 Å². The smallest absolute Gasteiger partial charge is 0.282 e. The van der Waals surface area contributed by atoms with Gasteiger partial charge in [-0.2, -0.15) is 0 Å². The van der Waals surface area contributed by atoms with Crippen LogP contribution in [0.2, 0.25) is 0 Å². The zero-order chi connectivity index (χ0) is 19.4. The van der Waals surface area contributed by atoms with Gasteiger partial charge in [0.1, 0.15) is 12.3 Å². The Morgan fingerprint density at radius 1 is 1.19 bits per heavy atom. The molecule has 0 aliphatic heterocycles. The molecule has 0 spiro atoms. The summed E-state index contributed by atoms with van der Waals surface area (Å²) >= 11 is 3.50. The topological polar surface area (TPSA) is 42.8 Å². The average molecular weight is 420 g/mol. The van der Waals surface area contributed by atoms with Crippen molar-refractivity contribution in [3.63, 3.8) is 0 Å². The van der Waals surface area contributed by atoms with Crippen LogP contribution in [0.5, 0.6) is 5.75 Å². The molecule has 0 aliphatic carbocycles. The molecule has 2 aromatic carbocycles. The number of hydrogen-bond donors (Lipinski definition) is 2. The molecular weight excluding hydrogens is 392 g/mol. The summed E-state index contributed by atoms with van der Waals surface area (Å²) in [6.07, 6.45) is 0. The summed E-state index contributed by atoms with van der Waals surface area (Å²) in [4.78, 5) is 13.9. The Hall–Kier alpha value is -1.85. The lowest BCUT2D eigenvalue weighted by molar-refractivity contribution is -0.907. The van der Waals surface area contributed by atoms with Crippen molar-refractivity contribution in [2.45, 2.75) is 40.3 Å². The van der Waals surface area contributed by atoms with Gasteiger partial charge in [0, 0.05) is 15.7 Å². The molecule has 2 atom stereocenters. The fraction of sp³-hybridized carbons (Fsp3) is 0.381. The number of halogens is 1. The molecule has 5 heteroatoms. The molecule has 1 amide bonds. The number of quaternary nitrogens is 1. The molecule has 4 nitrogen and oxygen atoms in total. The standard InChI is InChI=1S/C21H27BrN2O2/c1-13-9-14(2)20(15(3)10-13)23-21(25)16(4)24(5)12-17-11-18(22)7-8-19(17)26-6/h7-11,16H,12H2,1-6H3,(H,23,25)/p+1/t16-/m0/s1. The number of nitrogens with one attached hydrogen (secondary N) is 2. The molecule has 0 saturated heterocycles. The molecule has 140 valence electrons. The zero-order valence-corrected chi connectivity index (χ0v) is 18.0. The number of methoxy groups -OCH3 is 1. The second-order valence-electron chi connectivity index (χ2n) is 6.96. The third-order valence-corrected chi connectivity index (χ3v) is 5.26. The van der Waals surface area contributed by atoms with E-state index >= 15 is 0 Å². The first-order valence-corrected chi connectivity index (χ1v) is 9.55. The van der Waals surface area contributed by atoms with Crippen LogP contribution in [-0.4, -0.2) is 26.1 Å². The summed E-state index contributed by atoms with van der Waals surface area (Å²) in [5, 5.41) is 3.11. The van der Waals surface area contributed by atoms with Crippen LogP contribution in [0.3, 0.4) is 0 Å². The summed E-state index contributed by atoms with van der Waals surface area (Å²) < 4.78 is 6.45. The highest BCUT2D eigenvalue weighted by Gasteiger charge is 2.24. The summed E-state index contributed by atoms with van der Waals surface area (Å²) in [5.74, 6) is 0.858. The van der Waals surface area contributed by atoms with E-state index in [4.69, 9.17) is 4.74 Å². The fourth-order valence-corrected chi connectivity index (χ4v) is 3.58. The van der Waals surface area contributed by atoms with Gasteiger partial charge in [-0.25, -0.2) is 0 Å². The van der Waals surface area contributed by atoms with Gasteiger partial charge in [-0.1, -0.05) is 33.6 Å². The second kappa shape index (κ2) is 8.69. The third kappa shape index (κ3) is 4.86. The summed E-state index contributed by atoms with van der Waals surface area (Å²) in [7, 11) is 3.70.